The monoisotopic (exact) mass is 497 g/mol. The van der Waals surface area contributed by atoms with E-state index in [1.165, 1.54) is 0 Å². The van der Waals surface area contributed by atoms with E-state index in [1.807, 2.05) is 84.4 Å². The lowest BCUT2D eigenvalue weighted by Crippen LogP contribution is -2.45. The molecule has 0 aromatic heterocycles. The minimum Gasteiger partial charge on any atom is -0.496 e. The lowest BCUT2D eigenvalue weighted by atomic mass is 10.2. The Morgan fingerprint density at radius 1 is 1.12 bits per heavy atom. The zero-order valence-electron chi connectivity index (χ0n) is 19.5. The topological polar surface area (TPSA) is 60.7 Å². The number of amides is 2. The number of urea groups is 1. The molecule has 2 atom stereocenters. The zero-order valence-corrected chi connectivity index (χ0v) is 21.0. The molecular formula is C25H28ClN5O2S. The highest BCUT2D eigenvalue weighted by Crippen LogP contribution is 2.35. The molecule has 2 aliphatic rings. The largest absolute Gasteiger partial charge is 0.496 e. The number of hydrogen-bond acceptors (Lipinski definition) is 6. The number of carbonyl (C=O) groups is 1. The van der Waals surface area contributed by atoms with Crippen molar-refractivity contribution in [1.29, 1.82) is 0 Å². The number of para-hydroxylation sites is 1. The van der Waals surface area contributed by atoms with Gasteiger partial charge in [0.25, 0.3) is 0 Å². The van der Waals surface area contributed by atoms with Crippen LogP contribution in [0.3, 0.4) is 0 Å². The van der Waals surface area contributed by atoms with E-state index in [1.54, 1.807) is 30.0 Å². The number of thioether (sulfide) groups is 1. The van der Waals surface area contributed by atoms with E-state index in [2.05, 4.69) is 0 Å². The summed E-state index contributed by atoms with van der Waals surface area (Å²) in [5, 5.41) is 8.10. The lowest BCUT2D eigenvalue weighted by Gasteiger charge is -2.27. The molecule has 2 aromatic carbocycles. The molecule has 1 fully saturated rings. The molecule has 2 aromatic rings. The van der Waals surface area contributed by atoms with Gasteiger partial charge in [-0.05, 0) is 49.8 Å². The van der Waals surface area contributed by atoms with Gasteiger partial charge < -0.3 is 4.74 Å². The van der Waals surface area contributed by atoms with Crippen LogP contribution in [-0.4, -0.2) is 64.8 Å². The molecule has 0 N–H and O–H groups in total. The Hall–Kier alpha value is -2.97. The normalized spacial score (nSPS) is 20.1. The highest BCUT2D eigenvalue weighted by molar-refractivity contribution is 8.13. The van der Waals surface area contributed by atoms with E-state index in [4.69, 9.17) is 26.4 Å². The predicted octanol–water partition coefficient (Wildman–Crippen LogP) is 5.38. The Bertz CT molecular complexity index is 1100. The van der Waals surface area contributed by atoms with Crippen molar-refractivity contribution in [3.05, 3.63) is 70.8 Å². The van der Waals surface area contributed by atoms with Gasteiger partial charge >= 0.3 is 6.03 Å². The van der Waals surface area contributed by atoms with Gasteiger partial charge in [0.05, 0.1) is 7.11 Å². The third kappa shape index (κ3) is 4.93. The number of hydrazone groups is 1. The minimum atomic E-state index is -0.277. The summed E-state index contributed by atoms with van der Waals surface area (Å²) in [4.78, 5) is 21.4. The van der Waals surface area contributed by atoms with Crippen molar-refractivity contribution in [3.8, 4) is 5.75 Å². The maximum atomic E-state index is 12.9. The van der Waals surface area contributed by atoms with Crippen molar-refractivity contribution in [3.63, 3.8) is 0 Å². The first kappa shape index (κ1) is 24.2. The van der Waals surface area contributed by atoms with Gasteiger partial charge in [-0.25, -0.2) is 14.8 Å². The predicted molar refractivity (Wildman–Crippen MR) is 140 cm³/mol. The fourth-order valence-electron chi connectivity index (χ4n) is 4.05. The molecule has 9 heteroatoms. The third-order valence-electron chi connectivity index (χ3n) is 5.74. The molecule has 7 nitrogen and oxygen atoms in total. The Balaban J connectivity index is 1.57. The fraction of sp³-hybridized carbons (Fsp3) is 0.320. The number of hydrogen-bond donors (Lipinski definition) is 0. The van der Waals surface area contributed by atoms with Crippen molar-refractivity contribution in [1.82, 2.24) is 14.8 Å². The van der Waals surface area contributed by atoms with Crippen LogP contribution in [-0.2, 0) is 5.75 Å². The zero-order chi connectivity index (χ0) is 24.1. The summed E-state index contributed by atoms with van der Waals surface area (Å²) in [6, 6.07) is 15.6. The van der Waals surface area contributed by atoms with Crippen LogP contribution in [0.2, 0.25) is 5.02 Å². The van der Waals surface area contributed by atoms with Crippen LogP contribution in [0.25, 0.3) is 6.08 Å². The number of carbonyl (C=O) groups excluding carboxylic acids is 1. The fourth-order valence-corrected chi connectivity index (χ4v) is 5.13. The van der Waals surface area contributed by atoms with Gasteiger partial charge in [-0.2, -0.15) is 5.10 Å². The van der Waals surface area contributed by atoms with Crippen LogP contribution in [0.15, 0.2) is 64.7 Å². The highest BCUT2D eigenvalue weighted by atomic mass is 35.5. The van der Waals surface area contributed by atoms with Gasteiger partial charge in [-0.1, -0.05) is 53.7 Å². The number of allylic oxidation sites excluding steroid dienone is 1. The summed E-state index contributed by atoms with van der Waals surface area (Å²) < 4.78 is 5.41. The molecule has 0 radical (unpaired) electrons. The number of ether oxygens (including phenoxy) is 1. The molecule has 0 aliphatic carbocycles. The van der Waals surface area contributed by atoms with E-state index in [0.717, 1.165) is 27.8 Å². The summed E-state index contributed by atoms with van der Waals surface area (Å²) >= 11 is 7.63. The highest BCUT2D eigenvalue weighted by Gasteiger charge is 2.52. The molecule has 2 unspecified atom stereocenters. The first-order valence-electron chi connectivity index (χ1n) is 11.2. The smallest absolute Gasteiger partial charge is 0.323 e. The van der Waals surface area contributed by atoms with Crippen molar-refractivity contribution in [2.24, 2.45) is 10.1 Å². The van der Waals surface area contributed by atoms with Crippen LogP contribution < -0.4 is 4.74 Å². The van der Waals surface area contributed by atoms with Gasteiger partial charge in [0.1, 0.15) is 5.75 Å². The molecular weight excluding hydrogens is 470 g/mol. The van der Waals surface area contributed by atoms with E-state index in [9.17, 15) is 4.79 Å². The van der Waals surface area contributed by atoms with E-state index < -0.39 is 0 Å². The second kappa shape index (κ2) is 11.0. The van der Waals surface area contributed by atoms with E-state index in [0.29, 0.717) is 18.1 Å². The SMILES string of the molecule is CCN1C(=O)N(CC)C2C1N=C(SCc1ccc(Cl)cc1)N2/N=C/C=C/c1ccccc1OC. The van der Waals surface area contributed by atoms with Crippen LogP contribution in [0.4, 0.5) is 4.79 Å². The van der Waals surface area contributed by atoms with Gasteiger partial charge in [0.15, 0.2) is 17.5 Å². The first-order valence-corrected chi connectivity index (χ1v) is 12.6. The molecule has 2 heterocycles. The van der Waals surface area contributed by atoms with Crippen LogP contribution >= 0.6 is 23.4 Å². The number of halogens is 1. The van der Waals surface area contributed by atoms with Gasteiger partial charge in [-0.15, -0.1) is 0 Å². The van der Waals surface area contributed by atoms with Gasteiger partial charge in [-0.3, -0.25) is 9.80 Å². The van der Waals surface area contributed by atoms with E-state index >= 15 is 0 Å². The summed E-state index contributed by atoms with van der Waals surface area (Å²) in [5.41, 5.74) is 2.11. The summed E-state index contributed by atoms with van der Waals surface area (Å²) in [6.45, 7) is 5.15. The van der Waals surface area contributed by atoms with Crippen LogP contribution in [0, 0.1) is 0 Å². The lowest BCUT2D eigenvalue weighted by molar-refractivity contribution is 0.155. The number of aliphatic imine (C=N–C) groups is 1. The molecule has 178 valence electrons. The Morgan fingerprint density at radius 2 is 1.85 bits per heavy atom. The Kier molecular flexibility index (Phi) is 7.80. The summed E-state index contributed by atoms with van der Waals surface area (Å²) in [7, 11) is 1.65. The summed E-state index contributed by atoms with van der Waals surface area (Å²) in [5.74, 6) is 1.52. The number of methoxy groups -OCH3 is 1. The number of rotatable bonds is 8. The quantitative estimate of drug-likeness (QED) is 0.459. The average molecular weight is 498 g/mol. The third-order valence-corrected chi connectivity index (χ3v) is 7.02. The molecule has 34 heavy (non-hydrogen) atoms. The molecule has 1 saturated heterocycles. The van der Waals surface area contributed by atoms with E-state index in [-0.39, 0.29) is 18.4 Å². The standard InChI is InChI=1S/C25H28ClN5O2S/c1-4-29-22-23(30(5-2)25(29)32)31(24(28-22)34-17-18-12-14-20(26)15-13-18)27-16-8-10-19-9-6-7-11-21(19)33-3/h6-16,22-23H,4-5,17H2,1-3H3/b10-8+,27-16+. The molecule has 0 bridgehead atoms. The number of likely N-dealkylation sites (N-methyl/N-ethyl adjacent to an activating group) is 2. The van der Waals surface area contributed by atoms with Crippen LogP contribution in [0.1, 0.15) is 25.0 Å². The molecule has 0 saturated carbocycles. The summed E-state index contributed by atoms with van der Waals surface area (Å²) in [6.07, 6.45) is 5.02. The minimum absolute atomic E-state index is 0.00438. The molecule has 2 aliphatic heterocycles. The van der Waals surface area contributed by atoms with Gasteiger partial charge in [0.2, 0.25) is 0 Å². The number of amidine groups is 1. The molecule has 4 rings (SSSR count). The number of fused-ring (bicyclic) bond motifs is 1. The molecule has 0 spiro atoms. The van der Waals surface area contributed by atoms with Crippen molar-refractivity contribution < 1.29 is 9.53 Å². The second-order valence-corrected chi connectivity index (χ2v) is 9.10. The number of nitrogens with zero attached hydrogens (tertiary/aromatic N) is 5. The maximum absolute atomic E-state index is 12.9. The average Bonchev–Trinajstić information content (AvgIpc) is 3.33. The Labute approximate surface area is 209 Å². The van der Waals surface area contributed by atoms with Gasteiger partial charge in [0, 0.05) is 35.6 Å². The first-order chi connectivity index (χ1) is 16.6. The van der Waals surface area contributed by atoms with Crippen molar-refractivity contribution >= 4 is 46.9 Å². The van der Waals surface area contributed by atoms with Crippen LogP contribution in [0.5, 0.6) is 5.75 Å². The van der Waals surface area contributed by atoms with Crippen molar-refractivity contribution in [2.45, 2.75) is 31.9 Å². The number of benzene rings is 2. The Morgan fingerprint density at radius 3 is 2.56 bits per heavy atom. The maximum Gasteiger partial charge on any atom is 0.323 e. The molecule has 2 amide bonds. The second-order valence-electron chi connectivity index (χ2n) is 7.72. The van der Waals surface area contributed by atoms with Crippen molar-refractivity contribution in [2.75, 3.05) is 20.2 Å².